The highest BCUT2D eigenvalue weighted by Gasteiger charge is 2.07. The zero-order valence-corrected chi connectivity index (χ0v) is 16.3. The molecule has 0 atom stereocenters. The molecule has 0 aliphatic rings. The average molecular weight is 410 g/mol. The lowest BCUT2D eigenvalue weighted by atomic mass is 10.3. The molecule has 0 aliphatic heterocycles. The fourth-order valence-electron chi connectivity index (χ4n) is 2.40. The standard InChI is InChI=1S/C21H18N2O5S/c1-27-17-6-8-18(9-7-17)28-14-21(24)22-15-2-10-19(11-3-15)29-20-12-4-16(5-13-20)23(25)26/h2-13H,14H2,1H3,(H,22,24). The van der Waals surface area contributed by atoms with Gasteiger partial charge in [-0.05, 0) is 60.7 Å². The van der Waals surface area contributed by atoms with Crippen LogP contribution in [0.25, 0.3) is 0 Å². The lowest BCUT2D eigenvalue weighted by Crippen LogP contribution is -2.20. The Morgan fingerprint density at radius 1 is 0.931 bits per heavy atom. The molecule has 3 rings (SSSR count). The summed E-state index contributed by atoms with van der Waals surface area (Å²) in [6.45, 7) is -0.106. The van der Waals surface area contributed by atoms with E-state index in [1.54, 1.807) is 55.6 Å². The lowest BCUT2D eigenvalue weighted by Gasteiger charge is -2.09. The van der Waals surface area contributed by atoms with E-state index in [2.05, 4.69) is 5.32 Å². The van der Waals surface area contributed by atoms with Crippen LogP contribution < -0.4 is 14.8 Å². The summed E-state index contributed by atoms with van der Waals surface area (Å²) >= 11 is 1.48. The van der Waals surface area contributed by atoms with Crippen LogP contribution in [-0.4, -0.2) is 24.5 Å². The maximum atomic E-state index is 12.1. The van der Waals surface area contributed by atoms with Crippen LogP contribution in [0.1, 0.15) is 0 Å². The van der Waals surface area contributed by atoms with Crippen molar-refractivity contribution in [1.82, 2.24) is 0 Å². The van der Waals surface area contributed by atoms with Crippen LogP contribution in [0.3, 0.4) is 0 Å². The minimum atomic E-state index is -0.426. The summed E-state index contributed by atoms with van der Waals surface area (Å²) in [6, 6.07) is 20.6. The molecule has 0 aliphatic carbocycles. The van der Waals surface area contributed by atoms with Crippen molar-refractivity contribution in [2.45, 2.75) is 9.79 Å². The maximum Gasteiger partial charge on any atom is 0.269 e. The number of methoxy groups -OCH3 is 1. The van der Waals surface area contributed by atoms with Crippen LogP contribution in [0.4, 0.5) is 11.4 Å². The van der Waals surface area contributed by atoms with Gasteiger partial charge in [0.2, 0.25) is 0 Å². The normalized spacial score (nSPS) is 10.2. The van der Waals surface area contributed by atoms with Crippen molar-refractivity contribution in [3.63, 3.8) is 0 Å². The fraction of sp³-hybridized carbons (Fsp3) is 0.0952. The Morgan fingerprint density at radius 3 is 2.03 bits per heavy atom. The number of benzene rings is 3. The van der Waals surface area contributed by atoms with Crippen molar-refractivity contribution in [2.75, 3.05) is 19.0 Å². The highest BCUT2D eigenvalue weighted by molar-refractivity contribution is 7.99. The third-order valence-electron chi connectivity index (χ3n) is 3.85. The quantitative estimate of drug-likeness (QED) is 0.425. The molecule has 8 heteroatoms. The van der Waals surface area contributed by atoms with E-state index in [1.165, 1.54) is 23.9 Å². The number of carbonyl (C=O) groups excluding carboxylic acids is 1. The van der Waals surface area contributed by atoms with Crippen LogP contribution in [-0.2, 0) is 4.79 Å². The predicted molar refractivity (Wildman–Crippen MR) is 111 cm³/mol. The van der Waals surface area contributed by atoms with Gasteiger partial charge in [0, 0.05) is 27.6 Å². The smallest absolute Gasteiger partial charge is 0.269 e. The Hall–Kier alpha value is -3.52. The average Bonchev–Trinajstić information content (AvgIpc) is 2.74. The topological polar surface area (TPSA) is 90.7 Å². The van der Waals surface area contributed by atoms with Gasteiger partial charge >= 0.3 is 0 Å². The summed E-state index contributed by atoms with van der Waals surface area (Å²) in [5.41, 5.74) is 0.714. The second-order valence-electron chi connectivity index (χ2n) is 5.89. The number of non-ortho nitro benzene ring substituents is 1. The van der Waals surface area contributed by atoms with Gasteiger partial charge in [0.1, 0.15) is 11.5 Å². The van der Waals surface area contributed by atoms with Crippen LogP contribution in [0.2, 0.25) is 0 Å². The Kier molecular flexibility index (Phi) is 6.70. The highest BCUT2D eigenvalue weighted by atomic mass is 32.2. The molecule has 1 amide bonds. The van der Waals surface area contributed by atoms with Crippen molar-refractivity contribution in [3.8, 4) is 11.5 Å². The van der Waals surface area contributed by atoms with Gasteiger partial charge in [0.25, 0.3) is 11.6 Å². The predicted octanol–water partition coefficient (Wildman–Crippen LogP) is 4.77. The van der Waals surface area contributed by atoms with Gasteiger partial charge in [-0.15, -0.1) is 0 Å². The number of nitro benzene ring substituents is 1. The molecule has 7 nitrogen and oxygen atoms in total. The number of nitrogens with zero attached hydrogens (tertiary/aromatic N) is 1. The van der Waals surface area contributed by atoms with Gasteiger partial charge in [-0.25, -0.2) is 0 Å². The van der Waals surface area contributed by atoms with Gasteiger partial charge in [-0.3, -0.25) is 14.9 Å². The summed E-state index contributed by atoms with van der Waals surface area (Å²) in [6.07, 6.45) is 0. The highest BCUT2D eigenvalue weighted by Crippen LogP contribution is 2.29. The third kappa shape index (κ3) is 5.98. The van der Waals surface area contributed by atoms with Gasteiger partial charge in [-0.1, -0.05) is 11.8 Å². The van der Waals surface area contributed by atoms with Crippen molar-refractivity contribution in [1.29, 1.82) is 0 Å². The molecule has 0 saturated heterocycles. The summed E-state index contributed by atoms with van der Waals surface area (Å²) in [7, 11) is 1.58. The first kappa shape index (κ1) is 20.2. The summed E-state index contributed by atoms with van der Waals surface area (Å²) in [5.74, 6) is 1.03. The van der Waals surface area contributed by atoms with Gasteiger partial charge in [-0.2, -0.15) is 0 Å². The van der Waals surface area contributed by atoms with E-state index in [4.69, 9.17) is 9.47 Å². The Balaban J connectivity index is 1.50. The molecule has 0 aromatic heterocycles. The Labute approximate surface area is 171 Å². The molecule has 0 bridgehead atoms. The molecule has 29 heavy (non-hydrogen) atoms. The molecular weight excluding hydrogens is 392 g/mol. The molecule has 0 spiro atoms. The largest absolute Gasteiger partial charge is 0.497 e. The van der Waals surface area contributed by atoms with E-state index in [9.17, 15) is 14.9 Å². The van der Waals surface area contributed by atoms with Crippen molar-refractivity contribution in [3.05, 3.63) is 82.9 Å². The number of nitro groups is 1. The second kappa shape index (κ2) is 9.61. The van der Waals surface area contributed by atoms with E-state index in [-0.39, 0.29) is 18.2 Å². The molecule has 0 unspecified atom stereocenters. The summed E-state index contributed by atoms with van der Waals surface area (Å²) < 4.78 is 10.5. The SMILES string of the molecule is COc1ccc(OCC(=O)Nc2ccc(Sc3ccc([N+](=O)[O-])cc3)cc2)cc1. The van der Waals surface area contributed by atoms with Gasteiger partial charge < -0.3 is 14.8 Å². The first-order valence-corrected chi connectivity index (χ1v) is 9.44. The fourth-order valence-corrected chi connectivity index (χ4v) is 3.21. The monoisotopic (exact) mass is 410 g/mol. The molecule has 148 valence electrons. The number of hydrogen-bond acceptors (Lipinski definition) is 6. The molecule has 0 saturated carbocycles. The lowest BCUT2D eigenvalue weighted by molar-refractivity contribution is -0.384. The van der Waals surface area contributed by atoms with E-state index in [0.29, 0.717) is 17.2 Å². The Morgan fingerprint density at radius 2 is 1.48 bits per heavy atom. The van der Waals surface area contributed by atoms with E-state index in [0.717, 1.165) is 9.79 Å². The van der Waals surface area contributed by atoms with E-state index in [1.807, 2.05) is 12.1 Å². The van der Waals surface area contributed by atoms with E-state index >= 15 is 0 Å². The number of hydrogen-bond donors (Lipinski definition) is 1. The number of ether oxygens (including phenoxy) is 2. The van der Waals surface area contributed by atoms with E-state index < -0.39 is 4.92 Å². The molecule has 0 heterocycles. The molecule has 0 radical (unpaired) electrons. The summed E-state index contributed by atoms with van der Waals surface area (Å²) in [4.78, 5) is 24.2. The third-order valence-corrected chi connectivity index (χ3v) is 4.87. The number of anilines is 1. The molecule has 3 aromatic carbocycles. The second-order valence-corrected chi connectivity index (χ2v) is 7.04. The van der Waals surface area contributed by atoms with Crippen LogP contribution in [0, 0.1) is 10.1 Å². The minimum Gasteiger partial charge on any atom is -0.497 e. The van der Waals surface area contributed by atoms with Crippen LogP contribution in [0.5, 0.6) is 11.5 Å². The first-order chi connectivity index (χ1) is 14.0. The first-order valence-electron chi connectivity index (χ1n) is 8.62. The van der Waals surface area contributed by atoms with Crippen molar-refractivity contribution in [2.24, 2.45) is 0 Å². The molecule has 3 aromatic rings. The molecular formula is C21H18N2O5S. The number of nitrogens with one attached hydrogen (secondary N) is 1. The molecule has 1 N–H and O–H groups in total. The van der Waals surface area contributed by atoms with Crippen molar-refractivity contribution < 1.29 is 19.2 Å². The van der Waals surface area contributed by atoms with Crippen molar-refractivity contribution >= 4 is 29.0 Å². The summed E-state index contributed by atoms with van der Waals surface area (Å²) in [5, 5.41) is 13.5. The number of rotatable bonds is 8. The zero-order chi connectivity index (χ0) is 20.6. The van der Waals surface area contributed by atoms with Gasteiger partial charge in [0.15, 0.2) is 6.61 Å². The van der Waals surface area contributed by atoms with Crippen LogP contribution in [0.15, 0.2) is 82.6 Å². The molecule has 0 fully saturated rings. The maximum absolute atomic E-state index is 12.1. The Bertz CT molecular complexity index is 973. The zero-order valence-electron chi connectivity index (χ0n) is 15.5. The van der Waals surface area contributed by atoms with Crippen LogP contribution >= 0.6 is 11.8 Å². The number of carbonyl (C=O) groups is 1. The minimum absolute atomic E-state index is 0.0595. The number of amides is 1. The van der Waals surface area contributed by atoms with Gasteiger partial charge in [0.05, 0.1) is 12.0 Å².